The maximum atomic E-state index is 12.9. The fourth-order valence-corrected chi connectivity index (χ4v) is 5.93. The summed E-state index contributed by atoms with van der Waals surface area (Å²) >= 11 is 0. The number of amides is 1. The number of benzene rings is 2. The van der Waals surface area contributed by atoms with Crippen LogP contribution in [0, 0.1) is 5.92 Å². The standard InChI is InChI=1S/C29H33N3O3/c33-29(10-8-21-7-9-27-28(16-21)35-20-34-27)32-13-3-4-22(19-32)18-31-14-11-23(12-15-31)25-17-30-26-6-2-1-5-24(25)26/h1-2,5-10,16-17,22-23,30H,3-4,11-15,18-20H2/b10-8+/t22-/m1/s1. The minimum absolute atomic E-state index is 0.102. The van der Waals surface area contributed by atoms with Gasteiger partial charge in [-0.15, -0.1) is 0 Å². The van der Waals surface area contributed by atoms with Crippen LogP contribution in [0.1, 0.15) is 42.7 Å². The first-order chi connectivity index (χ1) is 17.2. The molecule has 35 heavy (non-hydrogen) atoms. The summed E-state index contributed by atoms with van der Waals surface area (Å²) in [5.74, 6) is 2.79. The third kappa shape index (κ3) is 4.80. The lowest BCUT2D eigenvalue weighted by atomic mass is 9.88. The Morgan fingerprint density at radius 3 is 2.80 bits per heavy atom. The van der Waals surface area contributed by atoms with Crippen LogP contribution in [-0.2, 0) is 4.79 Å². The number of carbonyl (C=O) groups excluding carboxylic acids is 1. The molecular formula is C29H33N3O3. The Bertz CT molecular complexity index is 1220. The van der Waals surface area contributed by atoms with Crippen molar-refractivity contribution in [3.63, 3.8) is 0 Å². The van der Waals surface area contributed by atoms with E-state index in [1.165, 1.54) is 35.7 Å². The fraction of sp³-hybridized carbons (Fsp3) is 0.414. The highest BCUT2D eigenvalue weighted by molar-refractivity contribution is 5.92. The smallest absolute Gasteiger partial charge is 0.246 e. The predicted octanol–water partition coefficient (Wildman–Crippen LogP) is 5.03. The Kier molecular flexibility index (Phi) is 6.21. The van der Waals surface area contributed by atoms with Crippen LogP contribution in [0.3, 0.4) is 0 Å². The second-order valence-corrected chi connectivity index (χ2v) is 10.1. The van der Waals surface area contributed by atoms with Crippen LogP contribution in [0.2, 0.25) is 0 Å². The molecule has 1 aromatic heterocycles. The van der Waals surface area contributed by atoms with Gasteiger partial charge in [-0.25, -0.2) is 0 Å². The first-order valence-corrected chi connectivity index (χ1v) is 12.9. The van der Waals surface area contributed by atoms with Gasteiger partial charge in [0.25, 0.3) is 0 Å². The monoisotopic (exact) mass is 471 g/mol. The number of piperidine rings is 2. The minimum atomic E-state index is 0.102. The maximum Gasteiger partial charge on any atom is 0.246 e. The van der Waals surface area contributed by atoms with Crippen LogP contribution in [-0.4, -0.2) is 60.2 Å². The second kappa shape index (κ2) is 9.78. The molecule has 1 amide bonds. The summed E-state index contributed by atoms with van der Waals surface area (Å²) in [7, 11) is 0. The van der Waals surface area contributed by atoms with Crippen molar-refractivity contribution in [1.29, 1.82) is 0 Å². The molecule has 0 spiro atoms. The van der Waals surface area contributed by atoms with Gasteiger partial charge in [0.1, 0.15) is 0 Å². The predicted molar refractivity (Wildman–Crippen MR) is 138 cm³/mol. The summed E-state index contributed by atoms with van der Waals surface area (Å²) in [5.41, 5.74) is 3.67. The quantitative estimate of drug-likeness (QED) is 0.531. The van der Waals surface area contributed by atoms with Crippen molar-refractivity contribution < 1.29 is 14.3 Å². The normalized spacial score (nSPS) is 21.3. The topological polar surface area (TPSA) is 57.8 Å². The Morgan fingerprint density at radius 2 is 1.89 bits per heavy atom. The van der Waals surface area contributed by atoms with E-state index in [9.17, 15) is 4.79 Å². The van der Waals surface area contributed by atoms with Crippen molar-refractivity contribution in [2.45, 2.75) is 31.6 Å². The van der Waals surface area contributed by atoms with E-state index >= 15 is 0 Å². The first-order valence-electron chi connectivity index (χ1n) is 12.9. The molecule has 0 bridgehead atoms. The molecule has 6 heteroatoms. The molecular weight excluding hydrogens is 438 g/mol. The molecule has 0 radical (unpaired) electrons. The zero-order valence-corrected chi connectivity index (χ0v) is 20.1. The number of carbonyl (C=O) groups is 1. The Morgan fingerprint density at radius 1 is 1.03 bits per heavy atom. The van der Waals surface area contributed by atoms with Gasteiger partial charge in [0.15, 0.2) is 11.5 Å². The molecule has 6 nitrogen and oxygen atoms in total. The summed E-state index contributed by atoms with van der Waals surface area (Å²) in [4.78, 5) is 21.0. The van der Waals surface area contributed by atoms with Crippen molar-refractivity contribution in [3.8, 4) is 11.5 Å². The second-order valence-electron chi connectivity index (χ2n) is 10.1. The lowest BCUT2D eigenvalue weighted by molar-refractivity contribution is -0.127. The van der Waals surface area contributed by atoms with Crippen LogP contribution in [0.4, 0.5) is 0 Å². The van der Waals surface area contributed by atoms with E-state index in [2.05, 4.69) is 40.3 Å². The number of hydrogen-bond acceptors (Lipinski definition) is 4. The van der Waals surface area contributed by atoms with Gasteiger partial charge in [-0.2, -0.15) is 0 Å². The van der Waals surface area contributed by atoms with Crippen molar-refractivity contribution in [2.24, 2.45) is 5.92 Å². The number of hydrogen-bond donors (Lipinski definition) is 1. The summed E-state index contributed by atoms with van der Waals surface area (Å²) in [6.07, 6.45) is 10.5. The lowest BCUT2D eigenvalue weighted by Crippen LogP contribution is -2.44. The zero-order chi connectivity index (χ0) is 23.6. The number of rotatable bonds is 5. The van der Waals surface area contributed by atoms with E-state index in [0.717, 1.165) is 56.2 Å². The molecule has 3 aliphatic heterocycles. The summed E-state index contributed by atoms with van der Waals surface area (Å²) in [6, 6.07) is 14.4. The number of aromatic amines is 1. The average molecular weight is 472 g/mol. The number of nitrogens with zero attached hydrogens (tertiary/aromatic N) is 2. The van der Waals surface area contributed by atoms with Gasteiger partial charge in [0, 0.05) is 42.8 Å². The molecule has 6 rings (SSSR count). The molecule has 0 saturated carbocycles. The number of ether oxygens (including phenoxy) is 2. The number of nitrogens with one attached hydrogen (secondary N) is 1. The number of para-hydroxylation sites is 1. The van der Waals surface area contributed by atoms with Crippen LogP contribution in [0.15, 0.2) is 54.7 Å². The van der Waals surface area contributed by atoms with Gasteiger partial charge in [-0.3, -0.25) is 4.79 Å². The van der Waals surface area contributed by atoms with E-state index in [4.69, 9.17) is 9.47 Å². The van der Waals surface area contributed by atoms with Crippen molar-refractivity contribution >= 4 is 22.9 Å². The number of fused-ring (bicyclic) bond motifs is 2. The van der Waals surface area contributed by atoms with Gasteiger partial charge in [0.2, 0.25) is 12.7 Å². The highest BCUT2D eigenvalue weighted by Gasteiger charge is 2.27. The van der Waals surface area contributed by atoms with Gasteiger partial charge < -0.3 is 24.3 Å². The molecule has 3 aromatic rings. The van der Waals surface area contributed by atoms with Gasteiger partial charge in [0.05, 0.1) is 0 Å². The SMILES string of the molecule is O=C(/C=C/c1ccc2c(c1)OCO2)N1CCC[C@H](CN2CCC(c3c[nH]c4ccccc34)CC2)C1. The maximum absolute atomic E-state index is 12.9. The number of aromatic nitrogens is 1. The highest BCUT2D eigenvalue weighted by atomic mass is 16.7. The van der Waals surface area contributed by atoms with Crippen LogP contribution in [0.25, 0.3) is 17.0 Å². The third-order valence-corrected chi connectivity index (χ3v) is 7.81. The summed E-state index contributed by atoms with van der Waals surface area (Å²) in [5, 5.41) is 1.38. The molecule has 2 fully saturated rings. The largest absolute Gasteiger partial charge is 0.454 e. The van der Waals surface area contributed by atoms with Crippen molar-refractivity contribution in [3.05, 3.63) is 65.9 Å². The van der Waals surface area contributed by atoms with Gasteiger partial charge in [-0.05, 0) is 86.0 Å². The molecule has 0 aliphatic carbocycles. The summed E-state index contributed by atoms with van der Waals surface area (Å²) < 4.78 is 10.8. The lowest BCUT2D eigenvalue weighted by Gasteiger charge is -2.38. The Hall–Kier alpha value is -3.25. The molecule has 1 atom stereocenters. The molecule has 3 aliphatic rings. The van der Waals surface area contributed by atoms with E-state index in [0.29, 0.717) is 11.8 Å². The van der Waals surface area contributed by atoms with E-state index < -0.39 is 0 Å². The van der Waals surface area contributed by atoms with E-state index in [-0.39, 0.29) is 12.7 Å². The Labute approximate surface area is 206 Å². The zero-order valence-electron chi connectivity index (χ0n) is 20.1. The number of likely N-dealkylation sites (tertiary alicyclic amines) is 2. The minimum Gasteiger partial charge on any atom is -0.454 e. The van der Waals surface area contributed by atoms with E-state index in [1.54, 1.807) is 6.08 Å². The fourth-order valence-electron chi connectivity index (χ4n) is 5.93. The molecule has 182 valence electrons. The van der Waals surface area contributed by atoms with Crippen LogP contribution in [0.5, 0.6) is 11.5 Å². The first kappa shape index (κ1) is 22.2. The molecule has 4 heterocycles. The molecule has 2 aromatic carbocycles. The average Bonchev–Trinajstić information content (AvgIpc) is 3.55. The molecule has 1 N–H and O–H groups in total. The van der Waals surface area contributed by atoms with Gasteiger partial charge >= 0.3 is 0 Å². The van der Waals surface area contributed by atoms with Gasteiger partial charge in [-0.1, -0.05) is 24.3 Å². The highest BCUT2D eigenvalue weighted by Crippen LogP contribution is 2.34. The molecule has 0 unspecified atom stereocenters. The number of H-pyrrole nitrogens is 1. The van der Waals surface area contributed by atoms with Crippen molar-refractivity contribution in [2.75, 3.05) is 39.5 Å². The van der Waals surface area contributed by atoms with Crippen LogP contribution < -0.4 is 9.47 Å². The van der Waals surface area contributed by atoms with E-state index in [1.807, 2.05) is 29.2 Å². The van der Waals surface area contributed by atoms with Crippen LogP contribution >= 0.6 is 0 Å². The summed E-state index contributed by atoms with van der Waals surface area (Å²) in [6.45, 7) is 5.33. The third-order valence-electron chi connectivity index (χ3n) is 7.81. The van der Waals surface area contributed by atoms with Crippen molar-refractivity contribution in [1.82, 2.24) is 14.8 Å². The Balaban J connectivity index is 1.01. The molecule has 2 saturated heterocycles.